The first-order valence-corrected chi connectivity index (χ1v) is 5.73. The van der Waals surface area contributed by atoms with Crippen LogP contribution < -0.4 is 10.5 Å². The third kappa shape index (κ3) is 1.90. The van der Waals surface area contributed by atoms with Crippen molar-refractivity contribution in [1.29, 1.82) is 0 Å². The predicted molar refractivity (Wildman–Crippen MR) is 60.8 cm³/mol. The minimum absolute atomic E-state index is 0.0301. The van der Waals surface area contributed by atoms with Crippen LogP contribution in [0.2, 0.25) is 5.02 Å². The van der Waals surface area contributed by atoms with Gasteiger partial charge in [-0.15, -0.1) is 0 Å². The van der Waals surface area contributed by atoms with E-state index in [-0.39, 0.29) is 6.04 Å². The van der Waals surface area contributed by atoms with Crippen LogP contribution in [-0.4, -0.2) is 6.61 Å². The zero-order chi connectivity index (χ0) is 10.1. The Hall–Kier alpha value is -0.250. The lowest BCUT2D eigenvalue weighted by Gasteiger charge is -2.13. The van der Waals surface area contributed by atoms with Crippen molar-refractivity contribution < 1.29 is 4.74 Å². The number of benzene rings is 1. The fraction of sp³-hybridized carbons (Fsp3) is 0.400. The van der Waals surface area contributed by atoms with Gasteiger partial charge in [-0.25, -0.2) is 0 Å². The molecule has 4 heteroatoms. The predicted octanol–water partition coefficient (Wildman–Crippen LogP) is 3.27. The number of halogens is 2. The van der Waals surface area contributed by atoms with Crippen LogP contribution in [0.3, 0.4) is 0 Å². The molecular weight excluding hydrogens is 265 g/mol. The van der Waals surface area contributed by atoms with Crippen LogP contribution in [-0.2, 0) is 0 Å². The van der Waals surface area contributed by atoms with E-state index in [9.17, 15) is 0 Å². The molecule has 0 radical (unpaired) electrons. The Kier molecular flexibility index (Phi) is 3.00. The highest BCUT2D eigenvalue weighted by Crippen LogP contribution is 2.38. The highest BCUT2D eigenvalue weighted by molar-refractivity contribution is 9.10. The molecule has 2 rings (SSSR count). The Morgan fingerprint density at radius 2 is 2.29 bits per heavy atom. The maximum atomic E-state index is 6.07. The Labute approximate surface area is 96.5 Å². The van der Waals surface area contributed by atoms with Crippen LogP contribution >= 0.6 is 27.5 Å². The first kappa shape index (κ1) is 10.3. The van der Waals surface area contributed by atoms with E-state index in [1.807, 2.05) is 12.1 Å². The number of fused-ring (bicyclic) bond motifs is 1. The molecule has 1 aliphatic heterocycles. The van der Waals surface area contributed by atoms with Gasteiger partial charge in [-0.3, -0.25) is 0 Å². The molecule has 0 saturated heterocycles. The van der Waals surface area contributed by atoms with E-state index < -0.39 is 0 Å². The van der Waals surface area contributed by atoms with E-state index in [0.29, 0.717) is 11.6 Å². The summed E-state index contributed by atoms with van der Waals surface area (Å²) in [6.45, 7) is 0.696. The smallest absolute Gasteiger partial charge is 0.142 e. The van der Waals surface area contributed by atoms with Gasteiger partial charge in [0.2, 0.25) is 0 Å². The van der Waals surface area contributed by atoms with Gasteiger partial charge < -0.3 is 10.5 Å². The van der Waals surface area contributed by atoms with Crippen molar-refractivity contribution in [3.05, 3.63) is 27.2 Å². The topological polar surface area (TPSA) is 35.2 Å². The lowest BCUT2D eigenvalue weighted by atomic mass is 10.0. The second kappa shape index (κ2) is 4.09. The fourth-order valence-corrected chi connectivity index (χ4v) is 2.53. The van der Waals surface area contributed by atoms with Gasteiger partial charge >= 0.3 is 0 Å². The van der Waals surface area contributed by atoms with Gasteiger partial charge in [-0.05, 0) is 25.0 Å². The summed E-state index contributed by atoms with van der Waals surface area (Å²) in [4.78, 5) is 0. The Morgan fingerprint density at radius 1 is 1.50 bits per heavy atom. The number of rotatable bonds is 0. The van der Waals surface area contributed by atoms with E-state index in [2.05, 4.69) is 15.9 Å². The van der Waals surface area contributed by atoms with E-state index in [1.54, 1.807) is 0 Å². The van der Waals surface area contributed by atoms with Crippen LogP contribution in [0.4, 0.5) is 0 Å². The van der Waals surface area contributed by atoms with Crippen molar-refractivity contribution in [3.8, 4) is 5.75 Å². The summed E-state index contributed by atoms with van der Waals surface area (Å²) in [6.07, 6.45) is 1.92. The third-order valence-electron chi connectivity index (χ3n) is 2.34. The van der Waals surface area contributed by atoms with Crippen molar-refractivity contribution >= 4 is 27.5 Å². The fourth-order valence-electron chi connectivity index (χ4n) is 1.64. The van der Waals surface area contributed by atoms with Gasteiger partial charge in [0.15, 0.2) is 0 Å². The Morgan fingerprint density at radius 3 is 3.07 bits per heavy atom. The SMILES string of the molecule is NC1CCCOc2c(Cl)cc(Br)cc21. The highest BCUT2D eigenvalue weighted by Gasteiger charge is 2.19. The van der Waals surface area contributed by atoms with Crippen molar-refractivity contribution in [1.82, 2.24) is 0 Å². The number of nitrogens with two attached hydrogens (primary N) is 1. The third-order valence-corrected chi connectivity index (χ3v) is 3.08. The Bertz CT molecular complexity index is 356. The monoisotopic (exact) mass is 275 g/mol. The van der Waals surface area contributed by atoms with Gasteiger partial charge in [0.05, 0.1) is 11.6 Å². The molecule has 14 heavy (non-hydrogen) atoms. The molecule has 1 atom stereocenters. The maximum Gasteiger partial charge on any atom is 0.142 e. The van der Waals surface area contributed by atoms with E-state index >= 15 is 0 Å². The van der Waals surface area contributed by atoms with Gasteiger partial charge in [0, 0.05) is 16.1 Å². The molecule has 76 valence electrons. The number of hydrogen-bond donors (Lipinski definition) is 1. The lowest BCUT2D eigenvalue weighted by Crippen LogP contribution is -2.09. The molecule has 1 aromatic carbocycles. The van der Waals surface area contributed by atoms with Crippen molar-refractivity contribution in [2.75, 3.05) is 6.61 Å². The quantitative estimate of drug-likeness (QED) is 0.789. The summed E-state index contributed by atoms with van der Waals surface area (Å²) in [6, 6.07) is 3.85. The summed E-state index contributed by atoms with van der Waals surface area (Å²) >= 11 is 9.47. The molecule has 2 N–H and O–H groups in total. The molecule has 1 aliphatic rings. The lowest BCUT2D eigenvalue weighted by molar-refractivity contribution is 0.316. The molecule has 0 spiro atoms. The van der Waals surface area contributed by atoms with E-state index in [0.717, 1.165) is 28.6 Å². The highest BCUT2D eigenvalue weighted by atomic mass is 79.9. The molecule has 1 aromatic rings. The van der Waals surface area contributed by atoms with E-state index in [1.165, 1.54) is 0 Å². The molecule has 1 heterocycles. The zero-order valence-corrected chi connectivity index (χ0v) is 9.94. The largest absolute Gasteiger partial charge is 0.492 e. The van der Waals surface area contributed by atoms with Gasteiger partial charge in [-0.2, -0.15) is 0 Å². The van der Waals surface area contributed by atoms with Crippen LogP contribution in [0.25, 0.3) is 0 Å². The van der Waals surface area contributed by atoms with Crippen molar-refractivity contribution in [2.24, 2.45) is 5.73 Å². The average Bonchev–Trinajstić information content (AvgIpc) is 2.29. The van der Waals surface area contributed by atoms with Gasteiger partial charge in [-0.1, -0.05) is 27.5 Å². The van der Waals surface area contributed by atoms with Crippen LogP contribution in [0.5, 0.6) is 5.75 Å². The molecule has 0 amide bonds. The van der Waals surface area contributed by atoms with Gasteiger partial charge in [0.25, 0.3) is 0 Å². The molecule has 0 fully saturated rings. The minimum atomic E-state index is 0.0301. The van der Waals surface area contributed by atoms with Gasteiger partial charge in [0.1, 0.15) is 5.75 Å². The molecule has 1 unspecified atom stereocenters. The molecule has 2 nitrogen and oxygen atoms in total. The summed E-state index contributed by atoms with van der Waals surface area (Å²) in [7, 11) is 0. The second-order valence-corrected chi connectivity index (χ2v) is 4.73. The molecular formula is C10H11BrClNO. The number of ether oxygens (including phenoxy) is 1. The van der Waals surface area contributed by atoms with Crippen molar-refractivity contribution in [2.45, 2.75) is 18.9 Å². The first-order valence-electron chi connectivity index (χ1n) is 4.56. The average molecular weight is 277 g/mol. The van der Waals surface area contributed by atoms with Crippen LogP contribution in [0, 0.1) is 0 Å². The molecule has 0 aliphatic carbocycles. The summed E-state index contributed by atoms with van der Waals surface area (Å²) < 4.78 is 6.52. The summed E-state index contributed by atoms with van der Waals surface area (Å²) in [5.74, 6) is 0.750. The number of hydrogen-bond acceptors (Lipinski definition) is 2. The first-order chi connectivity index (χ1) is 6.68. The normalized spacial score (nSPS) is 20.9. The maximum absolute atomic E-state index is 6.07. The summed E-state index contributed by atoms with van der Waals surface area (Å²) in [5, 5.41) is 0.631. The minimum Gasteiger partial charge on any atom is -0.492 e. The zero-order valence-electron chi connectivity index (χ0n) is 7.59. The van der Waals surface area contributed by atoms with Crippen LogP contribution in [0.1, 0.15) is 24.4 Å². The Balaban J connectivity index is 2.53. The standard InChI is InChI=1S/C10H11BrClNO/c11-6-4-7-9(13)2-1-3-14-10(7)8(12)5-6/h4-5,9H,1-3,13H2. The second-order valence-electron chi connectivity index (χ2n) is 3.40. The van der Waals surface area contributed by atoms with Crippen molar-refractivity contribution in [3.63, 3.8) is 0 Å². The summed E-state index contributed by atoms with van der Waals surface area (Å²) in [5.41, 5.74) is 7.03. The van der Waals surface area contributed by atoms with E-state index in [4.69, 9.17) is 22.1 Å². The molecule has 0 bridgehead atoms. The van der Waals surface area contributed by atoms with Crippen LogP contribution in [0.15, 0.2) is 16.6 Å². The molecule has 0 saturated carbocycles. The molecule has 0 aromatic heterocycles.